The number of hydrogen-bond donors (Lipinski definition) is 1. The molecule has 1 aliphatic carbocycles. The molecule has 1 aliphatic heterocycles. The zero-order valence-electron chi connectivity index (χ0n) is 9.48. The van der Waals surface area contributed by atoms with Crippen LogP contribution < -0.4 is 5.32 Å². The predicted molar refractivity (Wildman–Crippen MR) is 63.0 cm³/mol. The number of sulfone groups is 1. The Morgan fingerprint density at radius 3 is 2.94 bits per heavy atom. The largest absolute Gasteiger partial charge is 0.308 e. The van der Waals surface area contributed by atoms with Crippen LogP contribution in [0.25, 0.3) is 0 Å². The number of halogens is 1. The second kappa shape index (κ2) is 3.53. The van der Waals surface area contributed by atoms with Gasteiger partial charge in [0.15, 0.2) is 9.84 Å². The van der Waals surface area contributed by atoms with Crippen LogP contribution in [0.4, 0.5) is 4.39 Å². The molecule has 1 fully saturated rings. The molecular weight excluding hydrogens is 241 g/mol. The molecule has 1 saturated heterocycles. The van der Waals surface area contributed by atoms with Gasteiger partial charge in [-0.2, -0.15) is 0 Å². The quantitative estimate of drug-likeness (QED) is 0.757. The molecule has 1 aromatic rings. The van der Waals surface area contributed by atoms with Crippen LogP contribution in [0.2, 0.25) is 0 Å². The fourth-order valence-electron chi connectivity index (χ4n) is 2.84. The molecule has 1 heterocycles. The monoisotopic (exact) mass is 255 g/mol. The van der Waals surface area contributed by atoms with Crippen molar-refractivity contribution in [1.29, 1.82) is 0 Å². The van der Waals surface area contributed by atoms with E-state index in [1.54, 1.807) is 13.0 Å². The third kappa shape index (κ3) is 1.52. The van der Waals surface area contributed by atoms with Crippen molar-refractivity contribution in [3.63, 3.8) is 0 Å². The van der Waals surface area contributed by atoms with Crippen LogP contribution in [0.5, 0.6) is 0 Å². The van der Waals surface area contributed by atoms with Gasteiger partial charge in [-0.25, -0.2) is 12.8 Å². The summed E-state index contributed by atoms with van der Waals surface area (Å²) in [7, 11) is -3.10. The van der Waals surface area contributed by atoms with Crippen LogP contribution >= 0.6 is 0 Å². The first-order valence-corrected chi connectivity index (χ1v) is 7.35. The lowest BCUT2D eigenvalue weighted by Crippen LogP contribution is -2.49. The predicted octanol–water partition coefficient (Wildman–Crippen LogP) is 1.20. The van der Waals surface area contributed by atoms with Crippen molar-refractivity contribution in [3.8, 4) is 0 Å². The smallest absolute Gasteiger partial charge is 0.159 e. The fraction of sp³-hybridized carbons (Fsp3) is 0.500. The summed E-state index contributed by atoms with van der Waals surface area (Å²) in [5.41, 5.74) is 1.76. The van der Waals surface area contributed by atoms with E-state index in [9.17, 15) is 12.8 Å². The molecule has 1 aromatic carbocycles. The molecule has 0 amide bonds. The lowest BCUT2D eigenvalue weighted by atomic mass is 10.1. The van der Waals surface area contributed by atoms with E-state index in [4.69, 9.17) is 0 Å². The second-order valence-electron chi connectivity index (χ2n) is 4.87. The molecular formula is C12H14FNO2S. The SMILES string of the molecule is CC1CNC2c3ccc(F)cc3CC2S1(=O)=O. The molecule has 92 valence electrons. The van der Waals surface area contributed by atoms with Gasteiger partial charge in [-0.15, -0.1) is 0 Å². The summed E-state index contributed by atoms with van der Waals surface area (Å²) in [5.74, 6) is -0.298. The zero-order valence-corrected chi connectivity index (χ0v) is 10.3. The third-order valence-corrected chi connectivity index (χ3v) is 6.41. The minimum absolute atomic E-state index is 0.160. The Bertz CT molecular complexity index is 570. The Morgan fingerprint density at radius 2 is 2.18 bits per heavy atom. The molecule has 3 atom stereocenters. The van der Waals surface area contributed by atoms with Crippen LogP contribution in [0.15, 0.2) is 18.2 Å². The molecule has 0 aromatic heterocycles. The lowest BCUT2D eigenvalue weighted by molar-refractivity contribution is 0.464. The topological polar surface area (TPSA) is 46.2 Å². The highest BCUT2D eigenvalue weighted by Gasteiger charge is 2.46. The van der Waals surface area contributed by atoms with Crippen LogP contribution in [0, 0.1) is 5.82 Å². The van der Waals surface area contributed by atoms with Gasteiger partial charge in [0, 0.05) is 12.6 Å². The maximum absolute atomic E-state index is 13.1. The summed E-state index contributed by atoms with van der Waals surface area (Å²) < 4.78 is 37.6. The number of hydrogen-bond acceptors (Lipinski definition) is 3. The standard InChI is InChI=1S/C12H14FNO2S/c1-7-6-14-12-10-3-2-9(13)4-8(10)5-11(12)17(7,15)16/h2-4,7,11-12,14H,5-6H2,1H3. The van der Waals surface area contributed by atoms with Gasteiger partial charge < -0.3 is 5.32 Å². The molecule has 0 bridgehead atoms. The van der Waals surface area contributed by atoms with Gasteiger partial charge in [-0.3, -0.25) is 0 Å². The van der Waals surface area contributed by atoms with Gasteiger partial charge in [0.25, 0.3) is 0 Å². The zero-order chi connectivity index (χ0) is 12.2. The first-order chi connectivity index (χ1) is 8.00. The highest BCUT2D eigenvalue weighted by Crippen LogP contribution is 2.39. The Morgan fingerprint density at radius 1 is 1.41 bits per heavy atom. The van der Waals surface area contributed by atoms with Crippen molar-refractivity contribution in [2.75, 3.05) is 6.54 Å². The van der Waals surface area contributed by atoms with Crippen molar-refractivity contribution in [2.24, 2.45) is 0 Å². The summed E-state index contributed by atoms with van der Waals surface area (Å²) in [6.45, 7) is 2.20. The van der Waals surface area contributed by atoms with Crippen molar-refractivity contribution in [1.82, 2.24) is 5.32 Å². The summed E-state index contributed by atoms with van der Waals surface area (Å²) in [6.07, 6.45) is 0.428. The van der Waals surface area contributed by atoms with Gasteiger partial charge >= 0.3 is 0 Å². The number of nitrogens with one attached hydrogen (secondary N) is 1. The number of fused-ring (bicyclic) bond motifs is 3. The average molecular weight is 255 g/mol. The van der Waals surface area contributed by atoms with E-state index in [1.807, 2.05) is 0 Å². The molecule has 3 nitrogen and oxygen atoms in total. The Labute approximate surface area is 100.0 Å². The van der Waals surface area contributed by atoms with Gasteiger partial charge in [0.2, 0.25) is 0 Å². The molecule has 0 spiro atoms. The van der Waals surface area contributed by atoms with E-state index in [1.165, 1.54) is 12.1 Å². The Kier molecular flexibility index (Phi) is 2.32. The molecule has 17 heavy (non-hydrogen) atoms. The van der Waals surface area contributed by atoms with Gasteiger partial charge in [-0.1, -0.05) is 6.07 Å². The van der Waals surface area contributed by atoms with E-state index >= 15 is 0 Å². The summed E-state index contributed by atoms with van der Waals surface area (Å²) in [6, 6.07) is 4.39. The van der Waals surface area contributed by atoms with E-state index in [-0.39, 0.29) is 17.1 Å². The van der Waals surface area contributed by atoms with Crippen LogP contribution in [-0.2, 0) is 16.3 Å². The second-order valence-corrected chi connectivity index (χ2v) is 7.46. The molecule has 1 N–H and O–H groups in total. The van der Waals surface area contributed by atoms with Crippen LogP contribution in [0.3, 0.4) is 0 Å². The van der Waals surface area contributed by atoms with Crippen molar-refractivity contribution < 1.29 is 12.8 Å². The van der Waals surface area contributed by atoms with E-state index in [2.05, 4.69) is 5.32 Å². The highest BCUT2D eigenvalue weighted by atomic mass is 32.2. The normalized spacial score (nSPS) is 34.1. The van der Waals surface area contributed by atoms with Crippen molar-refractivity contribution in [3.05, 3.63) is 35.1 Å². The van der Waals surface area contributed by atoms with Gasteiger partial charge in [0.1, 0.15) is 5.82 Å². The minimum Gasteiger partial charge on any atom is -0.308 e. The Balaban J connectivity index is 2.08. The Hall–Kier alpha value is -0.940. The van der Waals surface area contributed by atoms with E-state index < -0.39 is 15.1 Å². The van der Waals surface area contributed by atoms with Crippen molar-refractivity contribution >= 4 is 9.84 Å². The molecule has 3 unspecified atom stereocenters. The van der Waals surface area contributed by atoms with Crippen LogP contribution in [-0.4, -0.2) is 25.5 Å². The van der Waals surface area contributed by atoms with Gasteiger partial charge in [0.05, 0.1) is 10.5 Å². The summed E-state index contributed by atoms with van der Waals surface area (Å²) >= 11 is 0. The van der Waals surface area contributed by atoms with Crippen LogP contribution in [0.1, 0.15) is 24.1 Å². The molecule has 0 saturated carbocycles. The van der Waals surface area contributed by atoms with Crippen molar-refractivity contribution in [2.45, 2.75) is 29.9 Å². The maximum atomic E-state index is 13.1. The number of benzene rings is 1. The van der Waals surface area contributed by atoms with E-state index in [0.29, 0.717) is 13.0 Å². The fourth-order valence-corrected chi connectivity index (χ4v) is 4.80. The molecule has 0 radical (unpaired) electrons. The maximum Gasteiger partial charge on any atom is 0.159 e. The molecule has 3 rings (SSSR count). The number of rotatable bonds is 0. The minimum atomic E-state index is -3.10. The highest BCUT2D eigenvalue weighted by molar-refractivity contribution is 7.92. The average Bonchev–Trinajstić information content (AvgIpc) is 2.63. The molecule has 2 aliphatic rings. The van der Waals surface area contributed by atoms with Gasteiger partial charge in [-0.05, 0) is 36.6 Å². The lowest BCUT2D eigenvalue weighted by Gasteiger charge is -2.31. The summed E-state index contributed by atoms with van der Waals surface area (Å²) in [4.78, 5) is 0. The molecule has 5 heteroatoms. The third-order valence-electron chi connectivity index (χ3n) is 3.84. The first-order valence-electron chi connectivity index (χ1n) is 5.74. The van der Waals surface area contributed by atoms with E-state index in [0.717, 1.165) is 11.1 Å². The summed E-state index contributed by atoms with van der Waals surface area (Å²) in [5, 5.41) is 2.47. The first kappa shape index (κ1) is 11.2.